The van der Waals surface area contributed by atoms with Gasteiger partial charge >= 0.3 is 0 Å². The van der Waals surface area contributed by atoms with Crippen molar-refractivity contribution in [2.75, 3.05) is 0 Å². The van der Waals surface area contributed by atoms with Crippen LogP contribution in [0.3, 0.4) is 0 Å². The minimum Gasteiger partial charge on any atom is -0.0988 e. The van der Waals surface area contributed by atoms with Crippen LogP contribution < -0.4 is 0 Å². The van der Waals surface area contributed by atoms with E-state index in [1.54, 1.807) is 0 Å². The van der Waals surface area contributed by atoms with E-state index in [2.05, 4.69) is 49.4 Å². The molecule has 0 N–H and O–H groups in total. The van der Waals surface area contributed by atoms with Crippen molar-refractivity contribution in [1.29, 1.82) is 0 Å². The maximum atomic E-state index is 3.84. The summed E-state index contributed by atoms with van der Waals surface area (Å²) in [5.41, 5.74) is 3.76. The van der Waals surface area contributed by atoms with Crippen LogP contribution in [0.2, 0.25) is 0 Å². The molecule has 0 unspecified atom stereocenters. The molecule has 1 aliphatic carbocycles. The Morgan fingerprint density at radius 1 is 1.14 bits per heavy atom. The molecular formula is C14H13. The second-order valence-corrected chi connectivity index (χ2v) is 3.28. The molecule has 2 rings (SSSR count). The zero-order chi connectivity index (χ0) is 9.80. The molecule has 0 atom stereocenters. The van der Waals surface area contributed by atoms with Gasteiger partial charge in [0.25, 0.3) is 0 Å². The Kier molecular flexibility index (Phi) is 2.64. The molecule has 0 amide bonds. The Morgan fingerprint density at radius 2 is 1.93 bits per heavy atom. The van der Waals surface area contributed by atoms with Gasteiger partial charge in [-0.1, -0.05) is 55.1 Å². The second kappa shape index (κ2) is 4.10. The fraction of sp³-hybridized carbons (Fsp3) is 0.0714. The number of hydrogen-bond donors (Lipinski definition) is 0. The molecule has 0 saturated heterocycles. The molecule has 0 fully saturated rings. The van der Waals surface area contributed by atoms with Crippen LogP contribution in [0.4, 0.5) is 0 Å². The average Bonchev–Trinajstić information content (AvgIpc) is 2.30. The number of allylic oxidation sites excluding steroid dienone is 5. The highest BCUT2D eigenvalue weighted by molar-refractivity contribution is 5.80. The lowest BCUT2D eigenvalue weighted by atomic mass is 9.92. The maximum absolute atomic E-state index is 3.84. The normalized spacial score (nSPS) is 15.7. The molecule has 0 aromatic heterocycles. The van der Waals surface area contributed by atoms with Gasteiger partial charge in [-0.05, 0) is 29.6 Å². The van der Waals surface area contributed by atoms with Crippen LogP contribution in [-0.4, -0.2) is 0 Å². The van der Waals surface area contributed by atoms with Crippen molar-refractivity contribution in [3.8, 4) is 0 Å². The van der Waals surface area contributed by atoms with E-state index in [1.165, 1.54) is 16.7 Å². The first-order valence-corrected chi connectivity index (χ1v) is 4.83. The number of benzene rings is 1. The minimum absolute atomic E-state index is 1.01. The van der Waals surface area contributed by atoms with Crippen molar-refractivity contribution < 1.29 is 0 Å². The van der Waals surface area contributed by atoms with E-state index in [0.717, 1.165) is 6.42 Å². The molecule has 1 radical (unpaired) electrons. The quantitative estimate of drug-likeness (QED) is 0.651. The standard InChI is InChI=1S/C14H13/c1-2-12-8-6-7-11-14(12)13-9-4-3-5-10-13/h2-5,7-11H,1,6H2. The number of rotatable bonds is 2. The zero-order valence-corrected chi connectivity index (χ0v) is 8.11. The highest BCUT2D eigenvalue weighted by atomic mass is 14.1. The van der Waals surface area contributed by atoms with E-state index in [-0.39, 0.29) is 0 Å². The minimum atomic E-state index is 1.01. The number of hydrogen-bond acceptors (Lipinski definition) is 0. The first-order valence-electron chi connectivity index (χ1n) is 4.83. The predicted octanol–water partition coefficient (Wildman–Crippen LogP) is 3.79. The molecule has 0 saturated carbocycles. The van der Waals surface area contributed by atoms with Crippen molar-refractivity contribution in [3.05, 3.63) is 72.7 Å². The zero-order valence-electron chi connectivity index (χ0n) is 8.11. The van der Waals surface area contributed by atoms with Gasteiger partial charge in [0, 0.05) is 0 Å². The average molecular weight is 181 g/mol. The monoisotopic (exact) mass is 181 g/mol. The molecular weight excluding hydrogens is 168 g/mol. The first kappa shape index (κ1) is 9.01. The molecule has 1 aliphatic rings. The lowest BCUT2D eigenvalue weighted by Gasteiger charge is -2.12. The van der Waals surface area contributed by atoms with Gasteiger partial charge in [-0.3, -0.25) is 0 Å². The Morgan fingerprint density at radius 3 is 2.64 bits per heavy atom. The topological polar surface area (TPSA) is 0 Å². The van der Waals surface area contributed by atoms with Crippen LogP contribution in [0.5, 0.6) is 0 Å². The van der Waals surface area contributed by atoms with E-state index in [0.29, 0.717) is 0 Å². The summed E-state index contributed by atoms with van der Waals surface area (Å²) in [6.07, 6.45) is 9.49. The summed E-state index contributed by atoms with van der Waals surface area (Å²) >= 11 is 0. The Hall–Kier alpha value is -1.56. The summed E-state index contributed by atoms with van der Waals surface area (Å²) in [7, 11) is 0. The molecule has 0 spiro atoms. The third-order valence-electron chi connectivity index (χ3n) is 2.37. The lowest BCUT2D eigenvalue weighted by molar-refractivity contribution is 1.23. The molecule has 0 heteroatoms. The van der Waals surface area contributed by atoms with Gasteiger partial charge in [0.05, 0.1) is 0 Å². The maximum Gasteiger partial charge on any atom is -0.00493 e. The van der Waals surface area contributed by atoms with Gasteiger partial charge in [0.15, 0.2) is 0 Å². The van der Waals surface area contributed by atoms with Crippen LogP contribution >= 0.6 is 0 Å². The third kappa shape index (κ3) is 1.69. The van der Waals surface area contributed by atoms with Gasteiger partial charge in [-0.2, -0.15) is 0 Å². The fourth-order valence-corrected chi connectivity index (χ4v) is 1.66. The molecule has 14 heavy (non-hydrogen) atoms. The van der Waals surface area contributed by atoms with Gasteiger partial charge in [0.2, 0.25) is 0 Å². The summed E-state index contributed by atoms with van der Waals surface area (Å²) in [4.78, 5) is 0. The third-order valence-corrected chi connectivity index (χ3v) is 2.37. The van der Waals surface area contributed by atoms with Crippen molar-refractivity contribution >= 4 is 5.57 Å². The van der Waals surface area contributed by atoms with Crippen molar-refractivity contribution in [2.24, 2.45) is 0 Å². The molecule has 69 valence electrons. The van der Waals surface area contributed by atoms with E-state index in [9.17, 15) is 0 Å². The Balaban J connectivity index is 2.46. The Bertz CT molecular complexity index is 380. The van der Waals surface area contributed by atoms with E-state index >= 15 is 0 Å². The second-order valence-electron chi connectivity index (χ2n) is 3.28. The van der Waals surface area contributed by atoms with Crippen LogP contribution in [0.1, 0.15) is 12.0 Å². The molecule has 1 aromatic carbocycles. The van der Waals surface area contributed by atoms with Gasteiger partial charge in [-0.15, -0.1) is 0 Å². The Labute approximate surface area is 85.3 Å². The molecule has 0 nitrogen and oxygen atoms in total. The largest absolute Gasteiger partial charge is 0.0988 e. The SMILES string of the molecule is C=CC1=C(c2ccccc2)C=CC[CH]1. The molecule has 0 aliphatic heterocycles. The first-order chi connectivity index (χ1) is 6.92. The van der Waals surface area contributed by atoms with E-state index in [4.69, 9.17) is 0 Å². The molecule has 1 aromatic rings. The van der Waals surface area contributed by atoms with Crippen LogP contribution in [-0.2, 0) is 0 Å². The van der Waals surface area contributed by atoms with Crippen LogP contribution in [0, 0.1) is 6.42 Å². The van der Waals surface area contributed by atoms with Gasteiger partial charge in [0.1, 0.15) is 0 Å². The molecule has 0 heterocycles. The van der Waals surface area contributed by atoms with Gasteiger partial charge < -0.3 is 0 Å². The van der Waals surface area contributed by atoms with Crippen molar-refractivity contribution in [2.45, 2.75) is 6.42 Å². The highest BCUT2D eigenvalue weighted by Gasteiger charge is 2.06. The van der Waals surface area contributed by atoms with Gasteiger partial charge in [-0.25, -0.2) is 0 Å². The van der Waals surface area contributed by atoms with Crippen LogP contribution in [0.15, 0.2) is 60.7 Å². The smallest absolute Gasteiger partial charge is 0.00493 e. The van der Waals surface area contributed by atoms with E-state index < -0.39 is 0 Å². The van der Waals surface area contributed by atoms with E-state index in [1.807, 2.05) is 12.1 Å². The predicted molar refractivity (Wildman–Crippen MR) is 61.6 cm³/mol. The van der Waals surface area contributed by atoms with Crippen LogP contribution in [0.25, 0.3) is 5.57 Å². The summed E-state index contributed by atoms with van der Waals surface area (Å²) in [5, 5.41) is 0. The lowest BCUT2D eigenvalue weighted by Crippen LogP contribution is -1.92. The fourth-order valence-electron chi connectivity index (χ4n) is 1.66. The summed E-state index contributed by atoms with van der Waals surface area (Å²) < 4.78 is 0. The highest BCUT2D eigenvalue weighted by Crippen LogP contribution is 2.27. The summed E-state index contributed by atoms with van der Waals surface area (Å²) in [6, 6.07) is 10.4. The molecule has 0 bridgehead atoms. The van der Waals surface area contributed by atoms with Crippen molar-refractivity contribution in [1.82, 2.24) is 0 Å². The summed E-state index contributed by atoms with van der Waals surface area (Å²) in [5.74, 6) is 0. The summed E-state index contributed by atoms with van der Waals surface area (Å²) in [6.45, 7) is 3.84. The van der Waals surface area contributed by atoms with Crippen molar-refractivity contribution in [3.63, 3.8) is 0 Å².